The minimum Gasteiger partial charge on any atom is -0.507 e. The zero-order valence-electron chi connectivity index (χ0n) is 25.2. The van der Waals surface area contributed by atoms with Crippen molar-refractivity contribution in [2.24, 2.45) is 0 Å². The minimum atomic E-state index is -0.826. The lowest BCUT2D eigenvalue weighted by molar-refractivity contribution is -0.132. The quantitative estimate of drug-likeness (QED) is 0.185. The predicted octanol–water partition coefficient (Wildman–Crippen LogP) is 6.86. The number of aliphatic hydroxyl groups is 1. The molecule has 0 spiro atoms. The fourth-order valence-electron chi connectivity index (χ4n) is 5.03. The lowest BCUT2D eigenvalue weighted by Gasteiger charge is -2.27. The molecule has 3 aromatic carbocycles. The van der Waals surface area contributed by atoms with Crippen LogP contribution >= 0.6 is 0 Å². The van der Waals surface area contributed by atoms with Crippen LogP contribution in [0.15, 0.2) is 72.3 Å². The SMILES string of the molecule is CCOc1ccc(/C(O)=C2/C(=O)C(=O)N(c3ccc(OC(C)C)cc3)C2c2ccc(N(C)C)cc2)cc1C(C)(C)C. The van der Waals surface area contributed by atoms with Crippen LogP contribution in [0.5, 0.6) is 11.5 Å². The van der Waals surface area contributed by atoms with Crippen LogP contribution in [0.4, 0.5) is 11.4 Å². The fourth-order valence-corrected chi connectivity index (χ4v) is 5.03. The highest BCUT2D eigenvalue weighted by atomic mass is 16.5. The maximum Gasteiger partial charge on any atom is 0.300 e. The van der Waals surface area contributed by atoms with Crippen LogP contribution < -0.4 is 19.3 Å². The summed E-state index contributed by atoms with van der Waals surface area (Å²) in [5.74, 6) is -0.278. The first-order valence-electron chi connectivity index (χ1n) is 14.0. The Morgan fingerprint density at radius 3 is 2.15 bits per heavy atom. The third kappa shape index (κ3) is 6.09. The second-order valence-electron chi connectivity index (χ2n) is 11.7. The smallest absolute Gasteiger partial charge is 0.300 e. The average Bonchev–Trinajstić information content (AvgIpc) is 3.18. The molecule has 4 rings (SSSR count). The molecule has 1 amide bonds. The molecular weight excluding hydrogens is 516 g/mol. The van der Waals surface area contributed by atoms with Crippen molar-refractivity contribution in [2.45, 2.75) is 59.1 Å². The van der Waals surface area contributed by atoms with Crippen LogP contribution in [0, 0.1) is 0 Å². The number of rotatable bonds is 8. The Morgan fingerprint density at radius 1 is 0.976 bits per heavy atom. The summed E-state index contributed by atoms with van der Waals surface area (Å²) in [5, 5.41) is 11.7. The van der Waals surface area contributed by atoms with Gasteiger partial charge in [-0.15, -0.1) is 0 Å². The molecule has 3 aromatic rings. The van der Waals surface area contributed by atoms with Crippen LogP contribution in [-0.2, 0) is 15.0 Å². The number of ether oxygens (including phenoxy) is 2. The molecule has 1 aliphatic heterocycles. The zero-order chi connectivity index (χ0) is 30.1. The molecule has 1 aliphatic rings. The Morgan fingerprint density at radius 2 is 1.61 bits per heavy atom. The minimum absolute atomic E-state index is 0.00241. The van der Waals surface area contributed by atoms with E-state index in [-0.39, 0.29) is 22.9 Å². The number of Topliss-reactive ketones (excluding diaryl/α,β-unsaturated/α-hetero) is 1. The van der Waals surface area contributed by atoms with Crippen molar-refractivity contribution in [3.05, 3.63) is 89.0 Å². The number of ketones is 1. The summed E-state index contributed by atoms with van der Waals surface area (Å²) in [5.41, 5.74) is 3.32. The summed E-state index contributed by atoms with van der Waals surface area (Å²) in [4.78, 5) is 30.7. The van der Waals surface area contributed by atoms with Gasteiger partial charge in [-0.25, -0.2) is 0 Å². The highest BCUT2D eigenvalue weighted by Gasteiger charge is 2.47. The Bertz CT molecular complexity index is 1450. The van der Waals surface area contributed by atoms with E-state index in [1.165, 1.54) is 4.90 Å². The monoisotopic (exact) mass is 556 g/mol. The van der Waals surface area contributed by atoms with E-state index in [0.29, 0.717) is 29.2 Å². The van der Waals surface area contributed by atoms with E-state index in [4.69, 9.17) is 9.47 Å². The molecule has 1 saturated heterocycles. The first-order chi connectivity index (χ1) is 19.3. The zero-order valence-corrected chi connectivity index (χ0v) is 25.2. The molecule has 0 aliphatic carbocycles. The number of carbonyl (C=O) groups is 2. The van der Waals surface area contributed by atoms with Gasteiger partial charge in [0.05, 0.1) is 24.3 Å². The largest absolute Gasteiger partial charge is 0.507 e. The molecule has 7 nitrogen and oxygen atoms in total. The highest BCUT2D eigenvalue weighted by Crippen LogP contribution is 2.43. The molecule has 0 radical (unpaired) electrons. The molecule has 1 atom stereocenters. The number of amides is 1. The maximum atomic E-state index is 13.7. The number of hydrogen-bond donors (Lipinski definition) is 1. The van der Waals surface area contributed by atoms with Crippen LogP contribution in [-0.4, -0.2) is 43.6 Å². The third-order valence-electron chi connectivity index (χ3n) is 7.02. The molecule has 0 aromatic heterocycles. The molecule has 1 fully saturated rings. The molecule has 1 heterocycles. The second-order valence-corrected chi connectivity index (χ2v) is 11.7. The van der Waals surface area contributed by atoms with Crippen molar-refractivity contribution in [3.8, 4) is 11.5 Å². The molecular formula is C34H40N2O5. The van der Waals surface area contributed by atoms with Crippen LogP contribution in [0.1, 0.15) is 64.3 Å². The van der Waals surface area contributed by atoms with Crippen molar-refractivity contribution < 1.29 is 24.2 Å². The second kappa shape index (κ2) is 11.7. The van der Waals surface area contributed by atoms with Gasteiger partial charge in [-0.05, 0) is 86.3 Å². The molecule has 1 N–H and O–H groups in total. The van der Waals surface area contributed by atoms with Crippen molar-refractivity contribution in [3.63, 3.8) is 0 Å². The van der Waals surface area contributed by atoms with E-state index in [0.717, 1.165) is 17.0 Å². The van der Waals surface area contributed by atoms with Gasteiger partial charge in [-0.2, -0.15) is 0 Å². The molecule has 0 saturated carbocycles. The summed E-state index contributed by atoms with van der Waals surface area (Å²) in [6.45, 7) is 12.5. The van der Waals surface area contributed by atoms with E-state index in [9.17, 15) is 14.7 Å². The summed E-state index contributed by atoms with van der Waals surface area (Å²) in [7, 11) is 3.89. The van der Waals surface area contributed by atoms with Crippen molar-refractivity contribution in [1.29, 1.82) is 0 Å². The summed E-state index contributed by atoms with van der Waals surface area (Å²) < 4.78 is 11.6. The molecule has 216 valence electrons. The van der Waals surface area contributed by atoms with Gasteiger partial charge in [0.15, 0.2) is 0 Å². The predicted molar refractivity (Wildman–Crippen MR) is 164 cm³/mol. The van der Waals surface area contributed by atoms with Gasteiger partial charge < -0.3 is 19.5 Å². The Labute approximate surface area is 243 Å². The van der Waals surface area contributed by atoms with Crippen molar-refractivity contribution >= 4 is 28.8 Å². The van der Waals surface area contributed by atoms with Gasteiger partial charge in [0.2, 0.25) is 0 Å². The standard InChI is InChI=1S/C34H40N2O5/c1-9-40-28-19-12-23(20-27(28)34(4,5)6)31(37)29-30(22-10-13-24(14-11-22)35(7)8)36(33(39)32(29)38)25-15-17-26(18-16-25)41-21(2)3/h10-21,30,37H,9H2,1-8H3/b31-29-. The van der Waals surface area contributed by atoms with Crippen LogP contribution in [0.25, 0.3) is 5.76 Å². The average molecular weight is 557 g/mol. The topological polar surface area (TPSA) is 79.3 Å². The van der Waals surface area contributed by atoms with Gasteiger partial charge in [0.1, 0.15) is 17.3 Å². The first-order valence-corrected chi connectivity index (χ1v) is 14.0. The van der Waals surface area contributed by atoms with E-state index < -0.39 is 17.7 Å². The summed E-state index contributed by atoms with van der Waals surface area (Å²) >= 11 is 0. The van der Waals surface area contributed by atoms with Crippen molar-refractivity contribution in [1.82, 2.24) is 0 Å². The Hall–Kier alpha value is -4.26. The lowest BCUT2D eigenvalue weighted by atomic mass is 9.84. The van der Waals surface area contributed by atoms with Gasteiger partial charge >= 0.3 is 0 Å². The van der Waals surface area contributed by atoms with Gasteiger partial charge in [0.25, 0.3) is 11.7 Å². The van der Waals surface area contributed by atoms with Gasteiger partial charge in [-0.3, -0.25) is 14.5 Å². The van der Waals surface area contributed by atoms with Gasteiger partial charge in [-0.1, -0.05) is 32.9 Å². The third-order valence-corrected chi connectivity index (χ3v) is 7.02. The van der Waals surface area contributed by atoms with E-state index in [1.54, 1.807) is 30.3 Å². The number of carbonyl (C=O) groups excluding carboxylic acids is 2. The Balaban J connectivity index is 1.90. The number of hydrogen-bond acceptors (Lipinski definition) is 6. The Kier molecular flexibility index (Phi) is 8.47. The first kappa shape index (κ1) is 29.7. The van der Waals surface area contributed by atoms with Crippen LogP contribution in [0.2, 0.25) is 0 Å². The number of aliphatic hydroxyl groups excluding tert-OH is 1. The van der Waals surface area contributed by atoms with Crippen LogP contribution in [0.3, 0.4) is 0 Å². The molecule has 0 bridgehead atoms. The van der Waals surface area contributed by atoms with E-state index in [1.807, 2.05) is 76.2 Å². The highest BCUT2D eigenvalue weighted by molar-refractivity contribution is 6.51. The fraction of sp³-hybridized carbons (Fsp3) is 0.353. The normalized spacial score (nSPS) is 16.8. The number of anilines is 2. The van der Waals surface area contributed by atoms with Gasteiger partial charge in [0, 0.05) is 36.6 Å². The van der Waals surface area contributed by atoms with Crippen molar-refractivity contribution in [2.75, 3.05) is 30.5 Å². The lowest BCUT2D eigenvalue weighted by Crippen LogP contribution is -2.29. The summed E-state index contributed by atoms with van der Waals surface area (Å²) in [6, 6.07) is 19.3. The van der Waals surface area contributed by atoms with E-state index >= 15 is 0 Å². The molecule has 41 heavy (non-hydrogen) atoms. The summed E-state index contributed by atoms with van der Waals surface area (Å²) in [6.07, 6.45) is -0.00241. The molecule has 1 unspecified atom stereocenters. The number of benzene rings is 3. The van der Waals surface area contributed by atoms with E-state index in [2.05, 4.69) is 20.8 Å². The molecule has 7 heteroatoms. The maximum absolute atomic E-state index is 13.7. The number of nitrogens with zero attached hydrogens (tertiary/aromatic N) is 2.